The van der Waals surface area contributed by atoms with Gasteiger partial charge in [-0.05, 0) is 25.1 Å². The van der Waals surface area contributed by atoms with Crippen molar-refractivity contribution in [2.75, 3.05) is 19.8 Å². The van der Waals surface area contributed by atoms with Gasteiger partial charge in [-0.3, -0.25) is 0 Å². The molecular weight excluding hydrogens is 288 g/mol. The van der Waals surface area contributed by atoms with Crippen LogP contribution in [0.4, 0.5) is 0 Å². The molecule has 0 heterocycles. The molecule has 0 spiro atoms. The number of hydrogen-bond donors (Lipinski definition) is 0. The van der Waals surface area contributed by atoms with Crippen molar-refractivity contribution in [1.82, 2.24) is 0 Å². The Morgan fingerprint density at radius 2 is 1.05 bits per heavy atom. The van der Waals surface area contributed by atoms with Crippen LogP contribution in [0.25, 0.3) is 0 Å². The lowest BCUT2D eigenvalue weighted by molar-refractivity contribution is 0.105. The molecule has 0 rings (SSSR count). The molecule has 0 aromatic carbocycles. The van der Waals surface area contributed by atoms with Crippen LogP contribution in [0, 0.1) is 0 Å². The normalized spacial score (nSPS) is 12.0. The lowest BCUT2D eigenvalue weighted by atomic mass is 10.3. The van der Waals surface area contributed by atoms with Gasteiger partial charge in [-0.15, -0.1) is 0 Å². The van der Waals surface area contributed by atoms with Gasteiger partial charge in [-0.1, -0.05) is 78.6 Å². The Morgan fingerprint density at radius 3 is 1.41 bits per heavy atom. The van der Waals surface area contributed by atoms with E-state index >= 15 is 0 Å². The Morgan fingerprint density at radius 1 is 0.591 bits per heavy atom. The van der Waals surface area contributed by atoms with Crippen molar-refractivity contribution in [2.45, 2.75) is 104 Å². The van der Waals surface area contributed by atoms with Crippen LogP contribution in [0.5, 0.6) is 0 Å². The zero-order valence-corrected chi connectivity index (χ0v) is 16.9. The molecule has 3 heteroatoms. The highest BCUT2D eigenvalue weighted by Crippen LogP contribution is 2.30. The highest BCUT2D eigenvalue weighted by atomic mass is 28.4. The minimum absolute atomic E-state index is 0.778. The SMILES string of the molecule is CCCCC[Si](CCCCC)(CCCCC)OCCOCC. The fraction of sp³-hybridized carbons (Fsp3) is 1.00. The van der Waals surface area contributed by atoms with Crippen LogP contribution in [0.15, 0.2) is 0 Å². The Balaban J connectivity index is 4.53. The first-order valence-electron chi connectivity index (χ1n) is 9.96. The van der Waals surface area contributed by atoms with Gasteiger partial charge < -0.3 is 9.16 Å². The van der Waals surface area contributed by atoms with Crippen LogP contribution in [0.1, 0.15) is 85.5 Å². The van der Waals surface area contributed by atoms with Crippen LogP contribution >= 0.6 is 0 Å². The first-order chi connectivity index (χ1) is 10.7. The van der Waals surface area contributed by atoms with E-state index in [2.05, 4.69) is 27.7 Å². The van der Waals surface area contributed by atoms with E-state index in [1.807, 2.05) is 0 Å². The Labute approximate surface area is 141 Å². The Kier molecular flexibility index (Phi) is 16.1. The smallest absolute Gasteiger partial charge is 0.192 e. The van der Waals surface area contributed by atoms with Gasteiger partial charge >= 0.3 is 0 Å². The van der Waals surface area contributed by atoms with Crippen molar-refractivity contribution < 1.29 is 9.16 Å². The molecular formula is C19H42O2Si. The molecule has 134 valence electrons. The Hall–Kier alpha value is 0.137. The quantitative estimate of drug-likeness (QED) is 0.222. The van der Waals surface area contributed by atoms with Gasteiger partial charge in [0.1, 0.15) is 0 Å². The maximum Gasteiger partial charge on any atom is 0.192 e. The molecule has 0 unspecified atom stereocenters. The van der Waals surface area contributed by atoms with Gasteiger partial charge in [0.05, 0.1) is 13.2 Å². The van der Waals surface area contributed by atoms with Gasteiger partial charge in [0.15, 0.2) is 8.32 Å². The summed E-state index contributed by atoms with van der Waals surface area (Å²) in [4.78, 5) is 0. The number of rotatable bonds is 17. The fourth-order valence-electron chi connectivity index (χ4n) is 3.14. The van der Waals surface area contributed by atoms with Crippen molar-refractivity contribution in [3.8, 4) is 0 Å². The zero-order chi connectivity index (χ0) is 16.5. The van der Waals surface area contributed by atoms with E-state index in [0.29, 0.717) is 0 Å². The van der Waals surface area contributed by atoms with E-state index in [0.717, 1.165) is 19.8 Å². The van der Waals surface area contributed by atoms with Gasteiger partial charge in [-0.25, -0.2) is 0 Å². The number of unbranched alkanes of at least 4 members (excludes halogenated alkanes) is 6. The lowest BCUT2D eigenvalue weighted by Crippen LogP contribution is -2.39. The zero-order valence-electron chi connectivity index (χ0n) is 15.9. The van der Waals surface area contributed by atoms with E-state index in [1.54, 1.807) is 0 Å². The molecule has 22 heavy (non-hydrogen) atoms. The van der Waals surface area contributed by atoms with Crippen LogP contribution in [-0.4, -0.2) is 28.1 Å². The summed E-state index contributed by atoms with van der Waals surface area (Å²) in [6.45, 7) is 11.4. The third-order valence-corrected chi connectivity index (χ3v) is 9.16. The molecule has 0 aliphatic heterocycles. The van der Waals surface area contributed by atoms with Crippen molar-refractivity contribution in [2.24, 2.45) is 0 Å². The summed E-state index contributed by atoms with van der Waals surface area (Å²) in [6, 6.07) is 4.13. The van der Waals surface area contributed by atoms with Gasteiger partial charge in [-0.2, -0.15) is 0 Å². The van der Waals surface area contributed by atoms with E-state index < -0.39 is 8.32 Å². The summed E-state index contributed by atoms with van der Waals surface area (Å²) in [5, 5.41) is 0. The maximum absolute atomic E-state index is 6.59. The topological polar surface area (TPSA) is 18.5 Å². The predicted molar refractivity (Wildman–Crippen MR) is 101 cm³/mol. The predicted octanol–water partition coefficient (Wildman–Crippen LogP) is 6.56. The summed E-state index contributed by atoms with van der Waals surface area (Å²) >= 11 is 0. The lowest BCUT2D eigenvalue weighted by Gasteiger charge is -2.32. The molecule has 0 fully saturated rings. The highest BCUT2D eigenvalue weighted by molar-refractivity contribution is 6.73. The average Bonchev–Trinajstić information content (AvgIpc) is 2.52. The molecule has 0 aromatic heterocycles. The molecule has 0 saturated carbocycles. The standard InChI is InChI=1S/C19H42O2Si/c1-5-9-12-17-22(18-13-10-6-2,19-14-11-7-3)21-16-15-20-8-4/h5-19H2,1-4H3. The average molecular weight is 331 g/mol. The van der Waals surface area contributed by atoms with E-state index in [1.165, 1.54) is 75.9 Å². The van der Waals surface area contributed by atoms with Crippen molar-refractivity contribution in [3.63, 3.8) is 0 Å². The van der Waals surface area contributed by atoms with E-state index in [-0.39, 0.29) is 0 Å². The molecule has 2 nitrogen and oxygen atoms in total. The minimum Gasteiger partial charge on any atom is -0.414 e. The molecule has 0 aliphatic rings. The molecule has 0 bridgehead atoms. The molecule has 0 amide bonds. The van der Waals surface area contributed by atoms with E-state index in [9.17, 15) is 0 Å². The second-order valence-corrected chi connectivity index (χ2v) is 10.8. The van der Waals surface area contributed by atoms with Crippen molar-refractivity contribution >= 4 is 8.32 Å². The molecule has 0 aromatic rings. The van der Waals surface area contributed by atoms with Crippen LogP contribution < -0.4 is 0 Å². The first kappa shape index (κ1) is 22.1. The molecule has 0 N–H and O–H groups in total. The second-order valence-electron chi connectivity index (χ2n) is 6.60. The summed E-state index contributed by atoms with van der Waals surface area (Å²) in [6.07, 6.45) is 12.1. The number of hydrogen-bond acceptors (Lipinski definition) is 2. The summed E-state index contributed by atoms with van der Waals surface area (Å²) in [5.74, 6) is 0. The van der Waals surface area contributed by atoms with Gasteiger partial charge in [0, 0.05) is 6.61 Å². The second kappa shape index (κ2) is 16.0. The van der Waals surface area contributed by atoms with Gasteiger partial charge in [0.25, 0.3) is 0 Å². The molecule has 0 saturated heterocycles. The fourth-order valence-corrected chi connectivity index (χ4v) is 7.53. The van der Waals surface area contributed by atoms with Crippen LogP contribution in [0.3, 0.4) is 0 Å². The maximum atomic E-state index is 6.59. The number of ether oxygens (including phenoxy) is 1. The highest BCUT2D eigenvalue weighted by Gasteiger charge is 2.33. The monoisotopic (exact) mass is 330 g/mol. The summed E-state index contributed by atoms with van der Waals surface area (Å²) < 4.78 is 12.1. The molecule has 0 radical (unpaired) electrons. The molecule has 0 aliphatic carbocycles. The van der Waals surface area contributed by atoms with Gasteiger partial charge in [0.2, 0.25) is 0 Å². The third-order valence-electron chi connectivity index (χ3n) is 4.55. The third kappa shape index (κ3) is 11.7. The molecule has 0 atom stereocenters. The largest absolute Gasteiger partial charge is 0.414 e. The summed E-state index contributed by atoms with van der Waals surface area (Å²) in [7, 11) is -1.54. The van der Waals surface area contributed by atoms with Crippen molar-refractivity contribution in [1.29, 1.82) is 0 Å². The first-order valence-corrected chi connectivity index (χ1v) is 12.5. The van der Waals surface area contributed by atoms with Crippen molar-refractivity contribution in [3.05, 3.63) is 0 Å². The van der Waals surface area contributed by atoms with Crippen LogP contribution in [-0.2, 0) is 9.16 Å². The van der Waals surface area contributed by atoms with Crippen LogP contribution in [0.2, 0.25) is 18.1 Å². The minimum atomic E-state index is -1.54. The Bertz CT molecular complexity index is 195. The van der Waals surface area contributed by atoms with E-state index in [4.69, 9.17) is 9.16 Å². The summed E-state index contributed by atoms with van der Waals surface area (Å²) in [5.41, 5.74) is 0.